The Bertz CT molecular complexity index is 1080. The molecule has 34 heavy (non-hydrogen) atoms. The molecule has 0 N–H and O–H groups in total. The molecule has 0 spiro atoms. The zero-order chi connectivity index (χ0) is 24.1. The number of methoxy groups -OCH3 is 1. The van der Waals surface area contributed by atoms with Gasteiger partial charge in [-0.25, -0.2) is 13.2 Å². The molecule has 0 aliphatic heterocycles. The van der Waals surface area contributed by atoms with Gasteiger partial charge in [0.2, 0.25) is 0 Å². The second-order valence-corrected chi connectivity index (χ2v) is 9.41. The lowest BCUT2D eigenvalue weighted by Crippen LogP contribution is -2.20. The Kier molecular flexibility index (Phi) is 8.10. The van der Waals surface area contributed by atoms with Crippen molar-refractivity contribution in [3.05, 3.63) is 83.2 Å². The van der Waals surface area contributed by atoms with Gasteiger partial charge in [0.05, 0.1) is 6.10 Å². The number of ether oxygens (including phenoxy) is 1. The predicted octanol–water partition coefficient (Wildman–Crippen LogP) is 8.84. The van der Waals surface area contributed by atoms with Gasteiger partial charge in [-0.15, -0.1) is 0 Å². The van der Waals surface area contributed by atoms with Crippen LogP contribution in [0.1, 0.15) is 68.9 Å². The fourth-order valence-electron chi connectivity index (χ4n) is 5.09. The smallest absolute Gasteiger partial charge is 0.131 e. The van der Waals surface area contributed by atoms with Crippen molar-refractivity contribution >= 4 is 0 Å². The van der Waals surface area contributed by atoms with E-state index in [-0.39, 0.29) is 28.7 Å². The molecule has 3 aromatic carbocycles. The summed E-state index contributed by atoms with van der Waals surface area (Å²) >= 11 is 0. The van der Waals surface area contributed by atoms with Gasteiger partial charge in [0.25, 0.3) is 0 Å². The molecular formula is C30H33F3O. The van der Waals surface area contributed by atoms with E-state index in [0.29, 0.717) is 12.8 Å². The van der Waals surface area contributed by atoms with Gasteiger partial charge in [-0.05, 0) is 84.9 Å². The van der Waals surface area contributed by atoms with Crippen molar-refractivity contribution in [3.8, 4) is 22.3 Å². The summed E-state index contributed by atoms with van der Waals surface area (Å²) in [4.78, 5) is 0. The molecule has 1 aliphatic rings. The van der Waals surface area contributed by atoms with Crippen LogP contribution in [0.3, 0.4) is 0 Å². The molecule has 0 bridgehead atoms. The maximum absolute atomic E-state index is 15.0. The lowest BCUT2D eigenvalue weighted by Gasteiger charge is -2.28. The number of hydrogen-bond acceptors (Lipinski definition) is 1. The van der Waals surface area contributed by atoms with Gasteiger partial charge >= 0.3 is 0 Å². The molecule has 1 nitrogen and oxygen atoms in total. The highest BCUT2D eigenvalue weighted by atomic mass is 19.1. The molecule has 0 unspecified atom stereocenters. The van der Waals surface area contributed by atoms with E-state index in [1.165, 1.54) is 43.0 Å². The van der Waals surface area contributed by atoms with Crippen molar-refractivity contribution in [1.29, 1.82) is 0 Å². The minimum absolute atomic E-state index is 0.120. The molecule has 1 saturated carbocycles. The Hall–Kier alpha value is -2.59. The molecule has 1 fully saturated rings. The highest BCUT2D eigenvalue weighted by molar-refractivity contribution is 5.71. The van der Waals surface area contributed by atoms with Gasteiger partial charge in [0, 0.05) is 18.2 Å². The molecule has 4 rings (SSSR count). The van der Waals surface area contributed by atoms with Crippen molar-refractivity contribution in [1.82, 2.24) is 0 Å². The third kappa shape index (κ3) is 5.55. The molecule has 0 radical (unpaired) electrons. The van der Waals surface area contributed by atoms with Crippen molar-refractivity contribution in [3.63, 3.8) is 0 Å². The first-order chi connectivity index (χ1) is 16.5. The average Bonchev–Trinajstić information content (AvgIpc) is 2.84. The first-order valence-corrected chi connectivity index (χ1v) is 12.4. The Labute approximate surface area is 201 Å². The van der Waals surface area contributed by atoms with Crippen molar-refractivity contribution < 1.29 is 17.9 Å². The maximum Gasteiger partial charge on any atom is 0.131 e. The first-order valence-electron chi connectivity index (χ1n) is 12.4. The van der Waals surface area contributed by atoms with Gasteiger partial charge in [0.15, 0.2) is 0 Å². The van der Waals surface area contributed by atoms with Crippen molar-refractivity contribution in [2.24, 2.45) is 0 Å². The minimum atomic E-state index is -0.599. The quantitative estimate of drug-likeness (QED) is 0.301. The first kappa shape index (κ1) is 24.5. The van der Waals surface area contributed by atoms with E-state index in [0.717, 1.165) is 30.4 Å². The number of hydrogen-bond donors (Lipinski definition) is 0. The van der Waals surface area contributed by atoms with Gasteiger partial charge in [-0.3, -0.25) is 0 Å². The van der Waals surface area contributed by atoms with Crippen LogP contribution in [0.5, 0.6) is 0 Å². The molecule has 0 amide bonds. The summed E-state index contributed by atoms with van der Waals surface area (Å²) < 4.78 is 50.4. The summed E-state index contributed by atoms with van der Waals surface area (Å²) in [5.74, 6) is -1.86. The zero-order valence-electron chi connectivity index (χ0n) is 20.0. The number of unbranched alkanes of at least 4 members (excludes halogenated alkanes) is 2. The SMILES string of the molecule is CCCCCc1ccc(-c2ccc(-c3cc(F)c(C4CCC(OC)CC4)c(F)c3)c(F)c2)cc1. The molecular weight excluding hydrogens is 433 g/mol. The van der Waals surface area contributed by atoms with Crippen LogP contribution < -0.4 is 0 Å². The van der Waals surface area contributed by atoms with Gasteiger partial charge in [-0.2, -0.15) is 0 Å². The molecule has 4 heteroatoms. The summed E-state index contributed by atoms with van der Waals surface area (Å²) in [6.45, 7) is 2.19. The molecule has 1 aliphatic carbocycles. The second kappa shape index (κ2) is 11.2. The second-order valence-electron chi connectivity index (χ2n) is 9.41. The van der Waals surface area contributed by atoms with E-state index in [9.17, 15) is 8.78 Å². The van der Waals surface area contributed by atoms with Crippen LogP contribution in [0, 0.1) is 17.5 Å². The van der Waals surface area contributed by atoms with Gasteiger partial charge in [0.1, 0.15) is 17.5 Å². The van der Waals surface area contributed by atoms with Crippen LogP contribution in [-0.2, 0) is 11.2 Å². The van der Waals surface area contributed by atoms with Gasteiger partial charge < -0.3 is 4.74 Å². The van der Waals surface area contributed by atoms with Crippen LogP contribution in [0.15, 0.2) is 54.6 Å². The van der Waals surface area contributed by atoms with E-state index in [2.05, 4.69) is 19.1 Å². The predicted molar refractivity (Wildman–Crippen MR) is 132 cm³/mol. The topological polar surface area (TPSA) is 9.23 Å². The third-order valence-corrected chi connectivity index (χ3v) is 7.13. The van der Waals surface area contributed by atoms with Crippen LogP contribution in [0.4, 0.5) is 13.2 Å². The standard InChI is InChI=1S/C30H33F3O/c1-3-4-5-6-20-7-9-21(10-8-20)23-13-16-26(27(31)17-23)24-18-28(32)30(29(33)19-24)22-11-14-25(34-2)15-12-22/h7-10,13,16-19,22,25H,3-6,11-12,14-15H2,1-2H3. The number of halogens is 3. The Balaban J connectivity index is 1.53. The molecule has 3 aromatic rings. The summed E-state index contributed by atoms with van der Waals surface area (Å²) in [6.07, 6.45) is 7.72. The zero-order valence-corrected chi connectivity index (χ0v) is 20.0. The molecule has 0 heterocycles. The largest absolute Gasteiger partial charge is 0.381 e. The van der Waals surface area contributed by atoms with E-state index < -0.39 is 17.5 Å². The normalized spacial score (nSPS) is 18.3. The molecule has 0 aromatic heterocycles. The summed E-state index contributed by atoms with van der Waals surface area (Å²) in [7, 11) is 1.67. The monoisotopic (exact) mass is 466 g/mol. The van der Waals surface area contributed by atoms with E-state index >= 15 is 4.39 Å². The fourth-order valence-corrected chi connectivity index (χ4v) is 5.09. The lowest BCUT2D eigenvalue weighted by molar-refractivity contribution is 0.0652. The van der Waals surface area contributed by atoms with Crippen LogP contribution in [-0.4, -0.2) is 13.2 Å². The molecule has 0 saturated heterocycles. The average molecular weight is 467 g/mol. The number of rotatable bonds is 8. The van der Waals surface area contributed by atoms with E-state index in [1.54, 1.807) is 19.2 Å². The van der Waals surface area contributed by atoms with Crippen molar-refractivity contribution in [2.75, 3.05) is 7.11 Å². The Morgan fingerprint density at radius 2 is 1.35 bits per heavy atom. The highest BCUT2D eigenvalue weighted by Gasteiger charge is 2.27. The Morgan fingerprint density at radius 3 is 1.94 bits per heavy atom. The maximum atomic E-state index is 15.0. The van der Waals surface area contributed by atoms with Crippen LogP contribution in [0.2, 0.25) is 0 Å². The molecule has 0 atom stereocenters. The van der Waals surface area contributed by atoms with Crippen molar-refractivity contribution in [2.45, 2.75) is 70.3 Å². The van der Waals surface area contributed by atoms with Gasteiger partial charge in [-0.1, -0.05) is 56.2 Å². The number of aryl methyl sites for hydroxylation is 1. The summed E-state index contributed by atoms with van der Waals surface area (Å²) in [5, 5.41) is 0. The summed E-state index contributed by atoms with van der Waals surface area (Å²) in [5.41, 5.74) is 3.48. The minimum Gasteiger partial charge on any atom is -0.381 e. The molecule has 180 valence electrons. The fraction of sp³-hybridized carbons (Fsp3) is 0.400. The third-order valence-electron chi connectivity index (χ3n) is 7.13. The number of benzene rings is 3. The van der Waals surface area contributed by atoms with Crippen LogP contribution in [0.25, 0.3) is 22.3 Å². The van der Waals surface area contributed by atoms with Crippen LogP contribution >= 0.6 is 0 Å². The van der Waals surface area contributed by atoms with E-state index in [4.69, 9.17) is 4.74 Å². The van der Waals surface area contributed by atoms with E-state index in [1.807, 2.05) is 12.1 Å². The lowest BCUT2D eigenvalue weighted by atomic mass is 9.81. The summed E-state index contributed by atoms with van der Waals surface area (Å²) in [6, 6.07) is 15.6. The Morgan fingerprint density at radius 1 is 0.735 bits per heavy atom. The highest BCUT2D eigenvalue weighted by Crippen LogP contribution is 2.38.